The standard InChI is InChI=1S/C23H25F2N3O5S2/c1-3-15-5-8-20-18(11-15)22(28-10-4-9-26-35(28,32)33)23(21(29)14-34(2,30)31)27(20)13-16-12-17(24)6-7-19(16)25/h5-8,11-12,26H,3-4,9-10,13-14H2,1-2H3. The summed E-state index contributed by atoms with van der Waals surface area (Å²) in [6, 6.07) is 8.13. The molecule has 1 saturated heterocycles. The number of rotatable bonds is 7. The highest BCUT2D eigenvalue weighted by atomic mass is 32.2. The molecule has 12 heteroatoms. The molecule has 0 spiro atoms. The summed E-state index contributed by atoms with van der Waals surface area (Å²) in [5.41, 5.74) is 1.04. The third-order valence-electron chi connectivity index (χ3n) is 5.86. The Morgan fingerprint density at radius 3 is 2.54 bits per heavy atom. The van der Waals surface area contributed by atoms with E-state index in [2.05, 4.69) is 4.72 Å². The number of aryl methyl sites for hydroxylation is 1. The minimum atomic E-state index is -4.03. The van der Waals surface area contributed by atoms with Crippen molar-refractivity contribution in [1.82, 2.24) is 9.29 Å². The van der Waals surface area contributed by atoms with E-state index in [1.807, 2.05) is 6.92 Å². The lowest BCUT2D eigenvalue weighted by Crippen LogP contribution is -2.47. The fourth-order valence-electron chi connectivity index (χ4n) is 4.30. The molecule has 0 unspecified atom stereocenters. The number of Topliss-reactive ketones (excluding diaryl/α,β-unsaturated/α-hetero) is 1. The average molecular weight is 526 g/mol. The number of ketones is 1. The van der Waals surface area contributed by atoms with Crippen molar-refractivity contribution in [3.63, 3.8) is 0 Å². The van der Waals surface area contributed by atoms with Gasteiger partial charge < -0.3 is 4.57 Å². The SMILES string of the molecule is CCc1ccc2c(c1)c(N1CCCNS1(=O)=O)c(C(=O)CS(C)(=O)=O)n2Cc1cc(F)ccc1F. The van der Waals surface area contributed by atoms with Gasteiger partial charge in [-0.25, -0.2) is 17.2 Å². The first-order valence-corrected chi connectivity index (χ1v) is 14.5. The number of aromatic nitrogens is 1. The van der Waals surface area contributed by atoms with Crippen molar-refractivity contribution < 1.29 is 30.4 Å². The minimum Gasteiger partial charge on any atom is -0.332 e. The lowest BCUT2D eigenvalue weighted by Gasteiger charge is -2.29. The summed E-state index contributed by atoms with van der Waals surface area (Å²) in [7, 11) is -7.81. The molecule has 2 aromatic carbocycles. The van der Waals surface area contributed by atoms with Crippen molar-refractivity contribution in [1.29, 1.82) is 0 Å². The molecule has 0 radical (unpaired) electrons. The van der Waals surface area contributed by atoms with Crippen LogP contribution in [0.25, 0.3) is 10.9 Å². The third kappa shape index (κ3) is 5.09. The Bertz CT molecular complexity index is 1530. The molecule has 1 aliphatic rings. The van der Waals surface area contributed by atoms with Gasteiger partial charge >= 0.3 is 10.2 Å². The highest BCUT2D eigenvalue weighted by molar-refractivity contribution is 7.91. The maximum atomic E-state index is 14.6. The summed E-state index contributed by atoms with van der Waals surface area (Å²) in [5.74, 6) is -3.11. The van der Waals surface area contributed by atoms with Crippen LogP contribution >= 0.6 is 0 Å². The molecule has 1 aliphatic heterocycles. The number of sulfone groups is 1. The number of nitrogens with zero attached hydrogens (tertiary/aromatic N) is 2. The zero-order chi connectivity index (χ0) is 25.5. The molecule has 35 heavy (non-hydrogen) atoms. The monoisotopic (exact) mass is 525 g/mol. The molecule has 0 saturated carbocycles. The van der Waals surface area contributed by atoms with E-state index >= 15 is 0 Å². The molecule has 0 amide bonds. The first-order valence-electron chi connectivity index (χ1n) is 11.0. The predicted molar refractivity (Wildman–Crippen MR) is 130 cm³/mol. The molecule has 4 rings (SSSR count). The molecule has 188 valence electrons. The minimum absolute atomic E-state index is 0.0351. The van der Waals surface area contributed by atoms with Crippen molar-refractivity contribution in [2.24, 2.45) is 0 Å². The molecule has 1 aromatic heterocycles. The van der Waals surface area contributed by atoms with Crippen LogP contribution in [0.4, 0.5) is 14.5 Å². The molecule has 0 aliphatic carbocycles. The molecule has 0 bridgehead atoms. The van der Waals surface area contributed by atoms with Gasteiger partial charge in [0, 0.05) is 30.3 Å². The van der Waals surface area contributed by atoms with Gasteiger partial charge in [-0.15, -0.1) is 0 Å². The van der Waals surface area contributed by atoms with E-state index in [-0.39, 0.29) is 36.6 Å². The zero-order valence-electron chi connectivity index (χ0n) is 19.2. The van der Waals surface area contributed by atoms with E-state index < -0.39 is 43.2 Å². The summed E-state index contributed by atoms with van der Waals surface area (Å²) >= 11 is 0. The van der Waals surface area contributed by atoms with Crippen molar-refractivity contribution in [3.8, 4) is 0 Å². The summed E-state index contributed by atoms with van der Waals surface area (Å²) in [6.45, 7) is 1.89. The van der Waals surface area contributed by atoms with Crippen LogP contribution in [0.3, 0.4) is 0 Å². The molecule has 0 atom stereocenters. The fourth-order valence-corrected chi connectivity index (χ4v) is 6.26. The lowest BCUT2D eigenvalue weighted by molar-refractivity contribution is 0.101. The van der Waals surface area contributed by atoms with Gasteiger partial charge in [0.1, 0.15) is 23.1 Å². The first kappa shape index (κ1) is 25.3. The van der Waals surface area contributed by atoms with Crippen LogP contribution in [-0.4, -0.2) is 52.3 Å². The van der Waals surface area contributed by atoms with E-state index in [9.17, 15) is 30.4 Å². The van der Waals surface area contributed by atoms with Crippen molar-refractivity contribution >= 4 is 42.4 Å². The zero-order valence-corrected chi connectivity index (χ0v) is 20.8. The highest BCUT2D eigenvalue weighted by Crippen LogP contribution is 2.38. The van der Waals surface area contributed by atoms with Gasteiger partial charge in [0.15, 0.2) is 15.6 Å². The number of anilines is 1. The van der Waals surface area contributed by atoms with Gasteiger partial charge in [-0.1, -0.05) is 13.0 Å². The Morgan fingerprint density at radius 1 is 1.14 bits per heavy atom. The maximum absolute atomic E-state index is 14.6. The van der Waals surface area contributed by atoms with Crippen LogP contribution in [0.1, 0.15) is 35.0 Å². The lowest BCUT2D eigenvalue weighted by atomic mass is 10.1. The van der Waals surface area contributed by atoms with E-state index in [1.165, 1.54) is 4.57 Å². The normalized spacial score (nSPS) is 16.1. The van der Waals surface area contributed by atoms with Crippen LogP contribution < -0.4 is 9.03 Å². The number of hydrogen-bond donors (Lipinski definition) is 1. The van der Waals surface area contributed by atoms with Crippen molar-refractivity contribution in [3.05, 3.63) is 64.9 Å². The number of halogens is 2. The van der Waals surface area contributed by atoms with Crippen molar-refractivity contribution in [2.45, 2.75) is 26.3 Å². The smallest absolute Gasteiger partial charge is 0.301 e. The Morgan fingerprint density at radius 2 is 1.89 bits per heavy atom. The summed E-state index contributed by atoms with van der Waals surface area (Å²) in [4.78, 5) is 13.4. The van der Waals surface area contributed by atoms with Gasteiger partial charge in [-0.05, 0) is 48.7 Å². The number of carbonyl (C=O) groups excluding carboxylic acids is 1. The summed E-state index contributed by atoms with van der Waals surface area (Å²) < 4.78 is 83.4. The summed E-state index contributed by atoms with van der Waals surface area (Å²) in [5, 5.41) is 0.408. The quantitative estimate of drug-likeness (QED) is 0.478. The highest BCUT2D eigenvalue weighted by Gasteiger charge is 2.35. The van der Waals surface area contributed by atoms with E-state index in [0.29, 0.717) is 23.7 Å². The molecule has 1 fully saturated rings. The summed E-state index contributed by atoms with van der Waals surface area (Å²) in [6.07, 6.45) is 1.98. The molecular weight excluding hydrogens is 500 g/mol. The van der Waals surface area contributed by atoms with Crippen LogP contribution in [0.2, 0.25) is 0 Å². The van der Waals surface area contributed by atoms with Crippen LogP contribution in [-0.2, 0) is 33.0 Å². The second-order valence-corrected chi connectivity index (χ2v) is 12.4. The molecular formula is C23H25F2N3O5S2. The number of benzene rings is 2. The molecule has 2 heterocycles. The van der Waals surface area contributed by atoms with Crippen LogP contribution in [0.15, 0.2) is 36.4 Å². The second-order valence-electron chi connectivity index (χ2n) is 8.54. The molecule has 1 N–H and O–H groups in total. The second kappa shape index (κ2) is 9.32. The number of hydrogen-bond acceptors (Lipinski definition) is 5. The van der Waals surface area contributed by atoms with E-state index in [4.69, 9.17) is 0 Å². The van der Waals surface area contributed by atoms with Gasteiger partial charge in [-0.2, -0.15) is 13.1 Å². The van der Waals surface area contributed by atoms with Crippen LogP contribution in [0.5, 0.6) is 0 Å². The van der Waals surface area contributed by atoms with E-state index in [0.717, 1.165) is 34.3 Å². The fraction of sp³-hybridized carbons (Fsp3) is 0.348. The molecule has 8 nitrogen and oxygen atoms in total. The number of fused-ring (bicyclic) bond motifs is 1. The number of nitrogens with one attached hydrogen (secondary N) is 1. The number of carbonyl (C=O) groups is 1. The van der Waals surface area contributed by atoms with Gasteiger partial charge in [0.2, 0.25) is 0 Å². The van der Waals surface area contributed by atoms with E-state index in [1.54, 1.807) is 18.2 Å². The third-order valence-corrected chi connectivity index (χ3v) is 8.17. The van der Waals surface area contributed by atoms with Gasteiger partial charge in [0.05, 0.1) is 17.7 Å². The Kier molecular flexibility index (Phi) is 6.73. The Labute approximate surface area is 202 Å². The van der Waals surface area contributed by atoms with Crippen molar-refractivity contribution in [2.75, 3.05) is 29.4 Å². The Balaban J connectivity index is 2.07. The average Bonchev–Trinajstić information content (AvgIpc) is 3.08. The Hall–Kier alpha value is -2.83. The largest absolute Gasteiger partial charge is 0.332 e. The molecule has 3 aromatic rings. The van der Waals surface area contributed by atoms with Gasteiger partial charge in [0.25, 0.3) is 0 Å². The van der Waals surface area contributed by atoms with Crippen LogP contribution in [0, 0.1) is 11.6 Å². The first-order chi connectivity index (χ1) is 16.4. The maximum Gasteiger partial charge on any atom is 0.301 e. The topological polar surface area (TPSA) is 106 Å². The van der Waals surface area contributed by atoms with Gasteiger partial charge in [-0.3, -0.25) is 9.10 Å². The predicted octanol–water partition coefficient (Wildman–Crippen LogP) is 2.80.